The van der Waals surface area contributed by atoms with Crippen LogP contribution in [-0.2, 0) is 10.9 Å². The summed E-state index contributed by atoms with van der Waals surface area (Å²) in [6, 6.07) is 6.85. The highest BCUT2D eigenvalue weighted by atomic mass is 19.4. The predicted octanol–water partition coefficient (Wildman–Crippen LogP) is 3.66. The summed E-state index contributed by atoms with van der Waals surface area (Å²) in [7, 11) is 0. The lowest BCUT2D eigenvalue weighted by molar-refractivity contribution is -0.137. The van der Waals surface area contributed by atoms with E-state index in [-0.39, 0.29) is 11.5 Å². The van der Waals surface area contributed by atoms with Crippen LogP contribution in [0.2, 0.25) is 0 Å². The van der Waals surface area contributed by atoms with Crippen molar-refractivity contribution < 1.29 is 17.9 Å². The van der Waals surface area contributed by atoms with Crippen LogP contribution in [0.25, 0.3) is 22.2 Å². The number of hydrogen-bond acceptors (Lipinski definition) is 9. The molecule has 1 aromatic carbocycles. The van der Waals surface area contributed by atoms with Crippen LogP contribution in [0.4, 0.5) is 36.6 Å². The molecule has 4 aromatic rings. The van der Waals surface area contributed by atoms with E-state index in [2.05, 4.69) is 30.2 Å². The highest BCUT2D eigenvalue weighted by molar-refractivity contribution is 5.93. The third-order valence-electron chi connectivity index (χ3n) is 5.31. The average Bonchev–Trinajstić information content (AvgIpc) is 2.84. The Kier molecular flexibility index (Phi) is 5.57. The molecule has 174 valence electrons. The fourth-order valence-electron chi connectivity index (χ4n) is 3.59. The number of morpholine rings is 1. The monoisotopic (exact) mass is 468 g/mol. The molecule has 0 radical (unpaired) electrons. The van der Waals surface area contributed by atoms with Crippen LogP contribution >= 0.6 is 0 Å². The fraction of sp³-hybridized carbons (Fsp3) is 0.227. The van der Waals surface area contributed by atoms with E-state index in [1.54, 1.807) is 24.5 Å². The number of halogens is 3. The van der Waals surface area contributed by atoms with Gasteiger partial charge in [-0.2, -0.15) is 18.2 Å². The first-order valence-corrected chi connectivity index (χ1v) is 10.4. The molecular formula is C22H19F3N8O. The maximum atomic E-state index is 13.1. The molecule has 1 fully saturated rings. The molecule has 1 saturated heterocycles. The van der Waals surface area contributed by atoms with Crippen LogP contribution < -0.4 is 16.0 Å². The van der Waals surface area contributed by atoms with Gasteiger partial charge in [0.15, 0.2) is 0 Å². The Bertz CT molecular complexity index is 1320. The van der Waals surface area contributed by atoms with Gasteiger partial charge >= 0.3 is 6.18 Å². The Labute approximate surface area is 191 Å². The predicted molar refractivity (Wildman–Crippen MR) is 121 cm³/mol. The SMILES string of the molecule is Nc1ncc(-c2cc(Nc3ccnc4cc(C(F)(F)F)ccc34)nc(N3CCOCC3)n2)cn1. The van der Waals surface area contributed by atoms with E-state index in [0.717, 1.165) is 12.1 Å². The zero-order valence-electron chi connectivity index (χ0n) is 17.8. The number of benzene rings is 1. The van der Waals surface area contributed by atoms with Gasteiger partial charge in [-0.3, -0.25) is 4.98 Å². The Morgan fingerprint density at radius 3 is 2.47 bits per heavy atom. The number of fused-ring (bicyclic) bond motifs is 1. The molecule has 0 aliphatic carbocycles. The van der Waals surface area contributed by atoms with Gasteiger partial charge in [0.25, 0.3) is 0 Å². The average molecular weight is 468 g/mol. The van der Waals surface area contributed by atoms with E-state index >= 15 is 0 Å². The van der Waals surface area contributed by atoms with Crippen LogP contribution in [0, 0.1) is 0 Å². The number of rotatable bonds is 4. The van der Waals surface area contributed by atoms with E-state index < -0.39 is 11.7 Å². The van der Waals surface area contributed by atoms with Crippen molar-refractivity contribution in [3.8, 4) is 11.3 Å². The van der Waals surface area contributed by atoms with Crippen molar-refractivity contribution >= 4 is 34.3 Å². The number of ether oxygens (including phenoxy) is 1. The third kappa shape index (κ3) is 4.53. The quantitative estimate of drug-likeness (QED) is 0.463. The molecule has 3 aromatic heterocycles. The summed E-state index contributed by atoms with van der Waals surface area (Å²) in [5.74, 6) is 1.08. The second-order valence-corrected chi connectivity index (χ2v) is 7.58. The molecule has 4 heterocycles. The number of nitrogens with zero attached hydrogens (tertiary/aromatic N) is 6. The first kappa shape index (κ1) is 21.8. The van der Waals surface area contributed by atoms with Crippen molar-refractivity contribution in [1.82, 2.24) is 24.9 Å². The lowest BCUT2D eigenvalue weighted by Crippen LogP contribution is -2.37. The molecule has 0 spiro atoms. The van der Waals surface area contributed by atoms with Gasteiger partial charge in [-0.25, -0.2) is 15.0 Å². The van der Waals surface area contributed by atoms with Gasteiger partial charge in [-0.15, -0.1) is 0 Å². The fourth-order valence-corrected chi connectivity index (χ4v) is 3.59. The minimum Gasteiger partial charge on any atom is -0.378 e. The molecule has 12 heteroatoms. The number of nitrogens with one attached hydrogen (secondary N) is 1. The van der Waals surface area contributed by atoms with E-state index in [1.165, 1.54) is 12.3 Å². The second kappa shape index (κ2) is 8.71. The first-order valence-electron chi connectivity index (χ1n) is 10.4. The number of hydrogen-bond donors (Lipinski definition) is 2. The van der Waals surface area contributed by atoms with Crippen molar-refractivity contribution in [2.75, 3.05) is 42.3 Å². The van der Waals surface area contributed by atoms with E-state index in [4.69, 9.17) is 10.5 Å². The standard InChI is InChI=1S/C22H19F3N8O/c23-22(24,25)14-1-2-15-16(3-4-27-18(15)9-14)30-19-10-17(13-11-28-20(26)29-12-13)31-21(32-19)33-5-7-34-8-6-33/h1-4,9-12H,5-8H2,(H2,26,28,29)(H,27,30,31,32). The van der Waals surface area contributed by atoms with Crippen molar-refractivity contribution in [3.63, 3.8) is 0 Å². The minimum absolute atomic E-state index is 0.144. The molecule has 34 heavy (non-hydrogen) atoms. The smallest absolute Gasteiger partial charge is 0.378 e. The molecule has 3 N–H and O–H groups in total. The molecule has 0 amide bonds. The number of nitrogens with two attached hydrogens (primary N) is 1. The summed E-state index contributed by atoms with van der Waals surface area (Å²) in [4.78, 5) is 23.5. The van der Waals surface area contributed by atoms with E-state index in [1.807, 2.05) is 4.90 Å². The number of alkyl halides is 3. The molecule has 1 aliphatic heterocycles. The molecule has 1 aliphatic rings. The number of pyridine rings is 1. The summed E-state index contributed by atoms with van der Waals surface area (Å²) < 4.78 is 44.8. The van der Waals surface area contributed by atoms with Gasteiger partial charge in [0, 0.05) is 48.7 Å². The van der Waals surface area contributed by atoms with E-state index in [0.29, 0.717) is 60.4 Å². The largest absolute Gasteiger partial charge is 0.416 e. The van der Waals surface area contributed by atoms with Gasteiger partial charge in [0.05, 0.1) is 35.7 Å². The van der Waals surface area contributed by atoms with Crippen molar-refractivity contribution in [2.24, 2.45) is 0 Å². The van der Waals surface area contributed by atoms with Crippen LogP contribution in [0.1, 0.15) is 5.56 Å². The third-order valence-corrected chi connectivity index (χ3v) is 5.31. The summed E-state index contributed by atoms with van der Waals surface area (Å²) in [5.41, 5.74) is 6.84. The Morgan fingerprint density at radius 2 is 1.74 bits per heavy atom. The molecule has 0 atom stereocenters. The number of nitrogen functional groups attached to an aromatic ring is 1. The lowest BCUT2D eigenvalue weighted by Gasteiger charge is -2.27. The Balaban J connectivity index is 1.55. The van der Waals surface area contributed by atoms with Crippen LogP contribution in [0.15, 0.2) is 48.9 Å². The minimum atomic E-state index is -4.45. The van der Waals surface area contributed by atoms with E-state index in [9.17, 15) is 13.2 Å². The summed E-state index contributed by atoms with van der Waals surface area (Å²) in [6.45, 7) is 2.36. The van der Waals surface area contributed by atoms with Crippen LogP contribution in [-0.4, -0.2) is 51.2 Å². The lowest BCUT2D eigenvalue weighted by atomic mass is 10.1. The van der Waals surface area contributed by atoms with Crippen molar-refractivity contribution in [2.45, 2.75) is 6.18 Å². The van der Waals surface area contributed by atoms with Crippen LogP contribution in [0.5, 0.6) is 0 Å². The van der Waals surface area contributed by atoms with Gasteiger partial charge < -0.3 is 20.7 Å². The Morgan fingerprint density at radius 1 is 0.971 bits per heavy atom. The highest BCUT2D eigenvalue weighted by Gasteiger charge is 2.30. The molecule has 5 rings (SSSR count). The Hall–Kier alpha value is -4.06. The molecule has 0 saturated carbocycles. The van der Waals surface area contributed by atoms with Crippen molar-refractivity contribution in [1.29, 1.82) is 0 Å². The topological polar surface area (TPSA) is 115 Å². The second-order valence-electron chi connectivity index (χ2n) is 7.58. The highest BCUT2D eigenvalue weighted by Crippen LogP contribution is 2.33. The summed E-state index contributed by atoms with van der Waals surface area (Å²) in [5, 5.41) is 3.74. The van der Waals surface area contributed by atoms with Crippen LogP contribution in [0.3, 0.4) is 0 Å². The summed E-state index contributed by atoms with van der Waals surface area (Å²) >= 11 is 0. The molecular weight excluding hydrogens is 449 g/mol. The molecule has 0 unspecified atom stereocenters. The van der Waals surface area contributed by atoms with Crippen molar-refractivity contribution in [3.05, 3.63) is 54.5 Å². The maximum Gasteiger partial charge on any atom is 0.416 e. The van der Waals surface area contributed by atoms with Gasteiger partial charge in [0.2, 0.25) is 11.9 Å². The zero-order chi connectivity index (χ0) is 23.7. The number of aromatic nitrogens is 5. The van der Waals surface area contributed by atoms with Gasteiger partial charge in [0.1, 0.15) is 5.82 Å². The molecule has 0 bridgehead atoms. The first-order chi connectivity index (χ1) is 16.4. The maximum absolute atomic E-state index is 13.1. The normalized spacial score (nSPS) is 14.4. The van der Waals surface area contributed by atoms with Gasteiger partial charge in [-0.1, -0.05) is 6.07 Å². The summed E-state index contributed by atoms with van der Waals surface area (Å²) in [6.07, 6.45) is 0.134. The van der Waals surface area contributed by atoms with Gasteiger partial charge in [-0.05, 0) is 18.2 Å². The molecule has 9 nitrogen and oxygen atoms in total. The zero-order valence-corrected chi connectivity index (χ0v) is 17.8. The number of anilines is 4.